The van der Waals surface area contributed by atoms with Crippen molar-refractivity contribution in [3.63, 3.8) is 0 Å². The van der Waals surface area contributed by atoms with E-state index in [1.54, 1.807) is 0 Å². The van der Waals surface area contributed by atoms with Crippen molar-refractivity contribution in [2.75, 3.05) is 19.6 Å². The van der Waals surface area contributed by atoms with Gasteiger partial charge in [-0.3, -0.25) is 4.79 Å². The standard InChI is InChI=1S/C14H26N2O3/c1-4-6-12-7-8-15(9-12)14(19)16(10-13(17)18)11(3)5-2/h11-12H,4-10H2,1-3H3,(H,17,18). The maximum Gasteiger partial charge on any atom is 0.323 e. The van der Waals surface area contributed by atoms with Gasteiger partial charge in [-0.2, -0.15) is 0 Å². The van der Waals surface area contributed by atoms with Gasteiger partial charge in [-0.05, 0) is 32.1 Å². The van der Waals surface area contributed by atoms with Crippen molar-refractivity contribution in [1.29, 1.82) is 0 Å². The Balaban J connectivity index is 2.64. The Morgan fingerprint density at radius 3 is 2.63 bits per heavy atom. The number of urea groups is 1. The highest BCUT2D eigenvalue weighted by Gasteiger charge is 2.31. The number of carbonyl (C=O) groups excluding carboxylic acids is 1. The molecule has 2 amide bonds. The van der Waals surface area contributed by atoms with E-state index in [1.165, 1.54) is 4.90 Å². The van der Waals surface area contributed by atoms with Crippen LogP contribution in [0.4, 0.5) is 4.79 Å². The summed E-state index contributed by atoms with van der Waals surface area (Å²) in [6.07, 6.45) is 4.09. The summed E-state index contributed by atoms with van der Waals surface area (Å²) in [5.74, 6) is -0.365. The Bertz CT molecular complexity index is 320. The smallest absolute Gasteiger partial charge is 0.323 e. The Hall–Kier alpha value is -1.26. The molecule has 5 heteroatoms. The molecule has 110 valence electrons. The third-order valence-corrected chi connectivity index (χ3v) is 3.93. The molecule has 5 nitrogen and oxygen atoms in total. The van der Waals surface area contributed by atoms with Gasteiger partial charge in [0.05, 0.1) is 0 Å². The summed E-state index contributed by atoms with van der Waals surface area (Å²) in [4.78, 5) is 26.6. The Kier molecular flexibility index (Phi) is 6.12. The maximum atomic E-state index is 12.4. The first-order valence-electron chi connectivity index (χ1n) is 7.26. The van der Waals surface area contributed by atoms with Crippen LogP contribution in [0.3, 0.4) is 0 Å². The van der Waals surface area contributed by atoms with Crippen LogP contribution in [0, 0.1) is 5.92 Å². The molecule has 0 saturated carbocycles. The first-order valence-corrected chi connectivity index (χ1v) is 7.26. The zero-order chi connectivity index (χ0) is 14.4. The SMILES string of the molecule is CCCC1CCN(C(=O)N(CC(=O)O)C(C)CC)C1. The number of carbonyl (C=O) groups is 2. The van der Waals surface area contributed by atoms with Crippen molar-refractivity contribution in [1.82, 2.24) is 9.80 Å². The van der Waals surface area contributed by atoms with E-state index < -0.39 is 5.97 Å². The van der Waals surface area contributed by atoms with Gasteiger partial charge in [0.15, 0.2) is 0 Å². The molecule has 0 aromatic heterocycles. The molecule has 2 unspecified atom stereocenters. The molecule has 1 aliphatic heterocycles. The predicted molar refractivity (Wildman–Crippen MR) is 74.1 cm³/mol. The third kappa shape index (κ3) is 4.40. The highest BCUT2D eigenvalue weighted by molar-refractivity contribution is 5.80. The van der Waals surface area contributed by atoms with Crippen LogP contribution in [0.15, 0.2) is 0 Å². The van der Waals surface area contributed by atoms with E-state index in [-0.39, 0.29) is 18.6 Å². The molecule has 0 radical (unpaired) electrons. The lowest BCUT2D eigenvalue weighted by Crippen LogP contribution is -2.48. The summed E-state index contributed by atoms with van der Waals surface area (Å²) in [7, 11) is 0. The van der Waals surface area contributed by atoms with Gasteiger partial charge in [-0.15, -0.1) is 0 Å². The molecule has 0 aromatic carbocycles. The van der Waals surface area contributed by atoms with E-state index in [2.05, 4.69) is 6.92 Å². The third-order valence-electron chi connectivity index (χ3n) is 3.93. The average Bonchev–Trinajstić information content (AvgIpc) is 2.83. The second-order valence-corrected chi connectivity index (χ2v) is 5.45. The van der Waals surface area contributed by atoms with Crippen LogP contribution < -0.4 is 0 Å². The molecule has 1 fully saturated rings. The van der Waals surface area contributed by atoms with Crippen LogP contribution >= 0.6 is 0 Å². The molecule has 0 bridgehead atoms. The topological polar surface area (TPSA) is 60.9 Å². The number of likely N-dealkylation sites (tertiary alicyclic amines) is 1. The van der Waals surface area contributed by atoms with Gasteiger partial charge in [0, 0.05) is 19.1 Å². The fourth-order valence-corrected chi connectivity index (χ4v) is 2.61. The number of nitrogens with zero attached hydrogens (tertiary/aromatic N) is 2. The summed E-state index contributed by atoms with van der Waals surface area (Å²) in [6, 6.07) is -0.149. The summed E-state index contributed by atoms with van der Waals surface area (Å²) < 4.78 is 0. The molecule has 1 N–H and O–H groups in total. The Morgan fingerprint density at radius 1 is 1.42 bits per heavy atom. The van der Waals surface area contributed by atoms with Crippen LogP contribution in [-0.2, 0) is 4.79 Å². The fraction of sp³-hybridized carbons (Fsp3) is 0.857. The Labute approximate surface area is 115 Å². The number of aliphatic carboxylic acids is 1. The van der Waals surface area contributed by atoms with Crippen molar-refractivity contribution in [3.05, 3.63) is 0 Å². The van der Waals surface area contributed by atoms with E-state index in [0.717, 1.165) is 38.8 Å². The summed E-state index contributed by atoms with van der Waals surface area (Å²) in [5, 5.41) is 8.94. The molecule has 1 saturated heterocycles. The zero-order valence-electron chi connectivity index (χ0n) is 12.3. The van der Waals surface area contributed by atoms with Crippen molar-refractivity contribution < 1.29 is 14.7 Å². The fourth-order valence-electron chi connectivity index (χ4n) is 2.61. The average molecular weight is 270 g/mol. The number of carboxylic acid groups (broad SMARTS) is 1. The van der Waals surface area contributed by atoms with Crippen molar-refractivity contribution >= 4 is 12.0 Å². The van der Waals surface area contributed by atoms with E-state index in [1.807, 2.05) is 18.7 Å². The molecule has 1 rings (SSSR count). The maximum absolute atomic E-state index is 12.4. The Morgan fingerprint density at radius 2 is 2.11 bits per heavy atom. The molecule has 2 atom stereocenters. The number of rotatable bonds is 6. The van der Waals surface area contributed by atoms with Crippen molar-refractivity contribution in [2.45, 2.75) is 52.5 Å². The number of hydrogen-bond donors (Lipinski definition) is 1. The number of hydrogen-bond acceptors (Lipinski definition) is 2. The van der Waals surface area contributed by atoms with Gasteiger partial charge in [0.25, 0.3) is 0 Å². The zero-order valence-corrected chi connectivity index (χ0v) is 12.3. The lowest BCUT2D eigenvalue weighted by atomic mass is 10.0. The molecular formula is C14H26N2O3. The molecular weight excluding hydrogens is 244 g/mol. The lowest BCUT2D eigenvalue weighted by molar-refractivity contribution is -0.138. The summed E-state index contributed by atoms with van der Waals surface area (Å²) in [6.45, 7) is 7.36. The van der Waals surface area contributed by atoms with Crippen molar-refractivity contribution in [3.8, 4) is 0 Å². The summed E-state index contributed by atoms with van der Waals surface area (Å²) in [5.41, 5.74) is 0. The number of amides is 2. The van der Waals surface area contributed by atoms with Gasteiger partial charge in [0.1, 0.15) is 6.54 Å². The first kappa shape index (κ1) is 15.8. The van der Waals surface area contributed by atoms with Crippen LogP contribution in [0.25, 0.3) is 0 Å². The molecule has 0 spiro atoms. The molecule has 1 heterocycles. The van der Waals surface area contributed by atoms with Crippen LogP contribution in [0.2, 0.25) is 0 Å². The van der Waals surface area contributed by atoms with Gasteiger partial charge in [-0.25, -0.2) is 4.79 Å². The van der Waals surface area contributed by atoms with Crippen molar-refractivity contribution in [2.24, 2.45) is 5.92 Å². The quantitative estimate of drug-likeness (QED) is 0.806. The lowest BCUT2D eigenvalue weighted by Gasteiger charge is -2.31. The second-order valence-electron chi connectivity index (χ2n) is 5.45. The summed E-state index contributed by atoms with van der Waals surface area (Å²) >= 11 is 0. The largest absolute Gasteiger partial charge is 0.480 e. The molecule has 19 heavy (non-hydrogen) atoms. The van der Waals surface area contributed by atoms with Crippen LogP contribution in [0.5, 0.6) is 0 Å². The highest BCUT2D eigenvalue weighted by atomic mass is 16.4. The van der Waals surface area contributed by atoms with Crippen LogP contribution in [-0.4, -0.2) is 52.6 Å². The van der Waals surface area contributed by atoms with E-state index in [4.69, 9.17) is 5.11 Å². The van der Waals surface area contributed by atoms with Gasteiger partial charge >= 0.3 is 12.0 Å². The van der Waals surface area contributed by atoms with Gasteiger partial charge < -0.3 is 14.9 Å². The van der Waals surface area contributed by atoms with E-state index >= 15 is 0 Å². The highest BCUT2D eigenvalue weighted by Crippen LogP contribution is 2.22. The molecule has 1 aliphatic rings. The van der Waals surface area contributed by atoms with Crippen LogP contribution in [0.1, 0.15) is 46.5 Å². The van der Waals surface area contributed by atoms with E-state index in [9.17, 15) is 9.59 Å². The number of carboxylic acids is 1. The minimum atomic E-state index is -0.946. The first-order chi connectivity index (χ1) is 8.99. The second kappa shape index (κ2) is 7.36. The minimum absolute atomic E-state index is 0.0335. The van der Waals surface area contributed by atoms with Gasteiger partial charge in [0.2, 0.25) is 0 Å². The van der Waals surface area contributed by atoms with E-state index in [0.29, 0.717) is 5.92 Å². The molecule has 0 aliphatic carbocycles. The minimum Gasteiger partial charge on any atom is -0.480 e. The predicted octanol–water partition coefficient (Wildman–Crippen LogP) is 2.41. The molecule has 0 aromatic rings. The van der Waals surface area contributed by atoms with Gasteiger partial charge in [-0.1, -0.05) is 20.3 Å². The monoisotopic (exact) mass is 270 g/mol. The normalized spacial score (nSPS) is 20.4.